The molecular weight excluding hydrogens is 346 g/mol. The second kappa shape index (κ2) is 6.24. The maximum absolute atomic E-state index is 12.7. The summed E-state index contributed by atoms with van der Waals surface area (Å²) >= 11 is 6.23. The molecule has 1 saturated carbocycles. The summed E-state index contributed by atoms with van der Waals surface area (Å²) in [6, 6.07) is 5.93. The average molecular weight is 368 g/mol. The Morgan fingerprint density at radius 1 is 1.08 bits per heavy atom. The fourth-order valence-electron chi connectivity index (χ4n) is 3.96. The zero-order valence-electron chi connectivity index (χ0n) is 13.5. The average Bonchev–Trinajstić information content (AvgIpc) is 3.25. The monoisotopic (exact) mass is 367 g/mol. The number of fused-ring (bicyclic) bond motifs is 1. The second-order valence-corrected chi connectivity index (χ2v) is 9.35. The summed E-state index contributed by atoms with van der Waals surface area (Å²) in [6.45, 7) is 2.51. The van der Waals surface area contributed by atoms with E-state index in [0.717, 1.165) is 42.3 Å². The van der Waals surface area contributed by atoms with Gasteiger partial charge in [-0.25, -0.2) is 8.42 Å². The van der Waals surface area contributed by atoms with Gasteiger partial charge in [-0.2, -0.15) is 4.31 Å². The van der Waals surface area contributed by atoms with Crippen molar-refractivity contribution in [2.24, 2.45) is 0 Å². The summed E-state index contributed by atoms with van der Waals surface area (Å²) in [6.07, 6.45) is 5.63. The van der Waals surface area contributed by atoms with Crippen LogP contribution in [0.4, 0.5) is 5.69 Å². The topological polar surface area (TPSA) is 56.4 Å². The Hall–Kier alpha value is -1.24. The van der Waals surface area contributed by atoms with Crippen molar-refractivity contribution in [2.45, 2.75) is 30.9 Å². The molecular formula is C17H22ClN3O2S. The van der Waals surface area contributed by atoms with Crippen LogP contribution in [0.5, 0.6) is 0 Å². The van der Waals surface area contributed by atoms with E-state index in [4.69, 9.17) is 11.6 Å². The lowest BCUT2D eigenvalue weighted by Crippen LogP contribution is -2.50. The van der Waals surface area contributed by atoms with Crippen LogP contribution in [0.15, 0.2) is 24.4 Å². The zero-order valence-corrected chi connectivity index (χ0v) is 15.1. The van der Waals surface area contributed by atoms with Crippen molar-refractivity contribution in [1.29, 1.82) is 0 Å². The van der Waals surface area contributed by atoms with Gasteiger partial charge in [-0.1, -0.05) is 24.4 Å². The van der Waals surface area contributed by atoms with Crippen molar-refractivity contribution in [2.75, 3.05) is 31.1 Å². The second-order valence-electron chi connectivity index (χ2n) is 6.70. The molecule has 1 aliphatic heterocycles. The summed E-state index contributed by atoms with van der Waals surface area (Å²) in [7, 11) is -3.13. The number of halogens is 1. The number of nitrogens with zero attached hydrogens (tertiary/aromatic N) is 2. The van der Waals surface area contributed by atoms with E-state index in [2.05, 4.69) is 9.88 Å². The Morgan fingerprint density at radius 2 is 1.79 bits per heavy atom. The van der Waals surface area contributed by atoms with Gasteiger partial charge in [-0.15, -0.1) is 0 Å². The smallest absolute Gasteiger partial charge is 0.217 e. The van der Waals surface area contributed by atoms with Crippen LogP contribution in [0.25, 0.3) is 10.9 Å². The number of hydrogen-bond donors (Lipinski definition) is 1. The number of aromatic amines is 1. The van der Waals surface area contributed by atoms with Crippen LogP contribution in [0.1, 0.15) is 25.7 Å². The summed E-state index contributed by atoms with van der Waals surface area (Å²) in [5, 5.41) is 1.67. The highest BCUT2D eigenvalue weighted by Crippen LogP contribution is 2.32. The number of piperazine rings is 1. The summed E-state index contributed by atoms with van der Waals surface area (Å²) < 4.78 is 27.2. The van der Waals surface area contributed by atoms with Crippen molar-refractivity contribution in [3.63, 3.8) is 0 Å². The van der Waals surface area contributed by atoms with Crippen molar-refractivity contribution in [3.05, 3.63) is 29.4 Å². The first-order chi connectivity index (χ1) is 11.6. The van der Waals surface area contributed by atoms with Crippen LogP contribution in [0.2, 0.25) is 5.02 Å². The third-order valence-corrected chi connectivity index (χ3v) is 7.89. The molecule has 4 rings (SSSR count). The molecule has 7 heteroatoms. The van der Waals surface area contributed by atoms with Crippen LogP contribution < -0.4 is 4.90 Å². The van der Waals surface area contributed by atoms with Gasteiger partial charge in [0.1, 0.15) is 0 Å². The molecule has 1 N–H and O–H groups in total. The van der Waals surface area contributed by atoms with Crippen molar-refractivity contribution in [1.82, 2.24) is 9.29 Å². The first kappa shape index (κ1) is 16.2. The maximum atomic E-state index is 12.7. The number of anilines is 1. The van der Waals surface area contributed by atoms with Gasteiger partial charge in [0.25, 0.3) is 0 Å². The predicted octanol–water partition coefficient (Wildman–Crippen LogP) is 3.22. The molecule has 0 radical (unpaired) electrons. The molecule has 24 heavy (non-hydrogen) atoms. The maximum Gasteiger partial charge on any atom is 0.217 e. The minimum atomic E-state index is -3.13. The van der Waals surface area contributed by atoms with Crippen LogP contribution in [-0.2, 0) is 10.0 Å². The van der Waals surface area contributed by atoms with E-state index in [0.29, 0.717) is 31.2 Å². The van der Waals surface area contributed by atoms with Gasteiger partial charge in [0.2, 0.25) is 10.0 Å². The Bertz CT molecular complexity index is 835. The van der Waals surface area contributed by atoms with Gasteiger partial charge < -0.3 is 9.88 Å². The molecule has 2 heterocycles. The highest BCUT2D eigenvalue weighted by Gasteiger charge is 2.35. The lowest BCUT2D eigenvalue weighted by atomic mass is 10.2. The highest BCUT2D eigenvalue weighted by molar-refractivity contribution is 7.89. The first-order valence-electron chi connectivity index (χ1n) is 8.56. The quantitative estimate of drug-likeness (QED) is 0.906. The van der Waals surface area contributed by atoms with E-state index in [1.165, 1.54) is 0 Å². The molecule has 0 amide bonds. The van der Waals surface area contributed by atoms with E-state index in [9.17, 15) is 8.42 Å². The largest absolute Gasteiger partial charge is 0.368 e. The number of hydrogen-bond acceptors (Lipinski definition) is 3. The number of sulfonamides is 1. The van der Waals surface area contributed by atoms with Gasteiger partial charge in [-0.3, -0.25) is 0 Å². The molecule has 1 aromatic carbocycles. The number of nitrogens with one attached hydrogen (secondary N) is 1. The Labute approximate surface area is 147 Å². The molecule has 2 aliphatic rings. The molecule has 1 aromatic heterocycles. The van der Waals surface area contributed by atoms with Crippen molar-refractivity contribution in [3.8, 4) is 0 Å². The molecule has 5 nitrogen and oxygen atoms in total. The fourth-order valence-corrected chi connectivity index (χ4v) is 6.19. The predicted molar refractivity (Wildman–Crippen MR) is 98.3 cm³/mol. The van der Waals surface area contributed by atoms with Gasteiger partial charge in [0.05, 0.1) is 5.25 Å². The van der Waals surface area contributed by atoms with Crippen LogP contribution in [0.3, 0.4) is 0 Å². The number of H-pyrrole nitrogens is 1. The number of aromatic nitrogens is 1. The van der Waals surface area contributed by atoms with Crippen LogP contribution in [0, 0.1) is 0 Å². The van der Waals surface area contributed by atoms with Gasteiger partial charge in [0, 0.05) is 54.0 Å². The third kappa shape index (κ3) is 2.80. The number of rotatable bonds is 3. The minimum absolute atomic E-state index is 0.161. The van der Waals surface area contributed by atoms with Crippen LogP contribution in [-0.4, -0.2) is 49.1 Å². The minimum Gasteiger partial charge on any atom is -0.368 e. The molecule has 0 bridgehead atoms. The Balaban J connectivity index is 1.52. The Morgan fingerprint density at radius 3 is 2.50 bits per heavy atom. The molecule has 2 aromatic rings. The van der Waals surface area contributed by atoms with Crippen molar-refractivity contribution < 1.29 is 8.42 Å². The van der Waals surface area contributed by atoms with Gasteiger partial charge in [0.15, 0.2) is 0 Å². The number of benzene rings is 1. The fraction of sp³-hybridized carbons (Fsp3) is 0.529. The van der Waals surface area contributed by atoms with E-state index < -0.39 is 10.0 Å². The molecule has 0 atom stereocenters. The summed E-state index contributed by atoms with van der Waals surface area (Å²) in [4.78, 5) is 5.43. The van der Waals surface area contributed by atoms with E-state index >= 15 is 0 Å². The molecule has 0 unspecified atom stereocenters. The molecule has 130 valence electrons. The molecule has 2 fully saturated rings. The molecule has 1 aliphatic carbocycles. The summed E-state index contributed by atoms with van der Waals surface area (Å²) in [5.41, 5.74) is 2.09. The van der Waals surface area contributed by atoms with E-state index in [1.54, 1.807) is 4.31 Å². The third-order valence-electron chi connectivity index (χ3n) is 5.27. The molecule has 1 saturated heterocycles. The van der Waals surface area contributed by atoms with E-state index in [1.807, 2.05) is 24.4 Å². The SMILES string of the molecule is O=S(=O)(C1CCCC1)N1CCN(c2cc(Cl)cc3[nH]ccc23)CC1. The lowest BCUT2D eigenvalue weighted by Gasteiger charge is -2.37. The summed E-state index contributed by atoms with van der Waals surface area (Å²) in [5.74, 6) is 0. The Kier molecular flexibility index (Phi) is 4.22. The van der Waals surface area contributed by atoms with E-state index in [-0.39, 0.29) is 5.25 Å². The van der Waals surface area contributed by atoms with Gasteiger partial charge in [-0.05, 0) is 31.0 Å². The first-order valence-corrected chi connectivity index (χ1v) is 10.4. The zero-order chi connectivity index (χ0) is 16.7. The molecule has 0 spiro atoms. The normalized spacial score (nSPS) is 21.0. The highest BCUT2D eigenvalue weighted by atomic mass is 35.5. The standard InChI is InChI=1S/C17H22ClN3O2S/c18-13-11-16-15(5-6-19-16)17(12-13)20-7-9-21(10-8-20)24(22,23)14-3-1-2-4-14/h5-6,11-12,14,19H,1-4,7-10H2. The van der Waals surface area contributed by atoms with Crippen molar-refractivity contribution >= 4 is 38.2 Å². The lowest BCUT2D eigenvalue weighted by molar-refractivity contribution is 0.379. The van der Waals surface area contributed by atoms with Crippen LogP contribution >= 0.6 is 11.6 Å². The van der Waals surface area contributed by atoms with Gasteiger partial charge >= 0.3 is 0 Å².